The molecule has 7 nitrogen and oxygen atoms in total. The fourth-order valence-corrected chi connectivity index (χ4v) is 2.99. The van der Waals surface area contributed by atoms with Gasteiger partial charge in [-0.1, -0.05) is 0 Å². The summed E-state index contributed by atoms with van der Waals surface area (Å²) in [6, 6.07) is 0. The van der Waals surface area contributed by atoms with Crippen LogP contribution in [0.25, 0.3) is 0 Å². The molecular formula is C4H4F4O7S2. The van der Waals surface area contributed by atoms with E-state index in [1.54, 1.807) is 0 Å². The van der Waals surface area contributed by atoms with Gasteiger partial charge in [0.05, 0.1) is 0 Å². The molecule has 1 rings (SSSR count). The van der Waals surface area contributed by atoms with E-state index in [1.165, 1.54) is 0 Å². The van der Waals surface area contributed by atoms with Crippen molar-refractivity contribution in [3.05, 3.63) is 0 Å². The van der Waals surface area contributed by atoms with Crippen LogP contribution in [-0.4, -0.2) is 34.0 Å². The summed E-state index contributed by atoms with van der Waals surface area (Å²) in [4.78, 5) is 0. The van der Waals surface area contributed by atoms with E-state index in [0.717, 1.165) is 0 Å². The van der Waals surface area contributed by atoms with Gasteiger partial charge in [0, 0.05) is 0 Å². The summed E-state index contributed by atoms with van der Waals surface area (Å²) in [6.07, 6.45) is -10.5. The van der Waals surface area contributed by atoms with Gasteiger partial charge in [0.25, 0.3) is 20.2 Å². The summed E-state index contributed by atoms with van der Waals surface area (Å²) < 4.78 is 99.2. The zero-order valence-electron chi connectivity index (χ0n) is 7.76. The number of hydrogen-bond donors (Lipinski definition) is 0. The zero-order chi connectivity index (χ0) is 13.7. The lowest BCUT2D eigenvalue weighted by atomic mass is 11.0. The second-order valence-corrected chi connectivity index (χ2v) is 6.77. The number of halogens is 4. The van der Waals surface area contributed by atoms with Gasteiger partial charge in [-0.15, -0.1) is 17.6 Å². The average molecular weight is 304 g/mol. The van der Waals surface area contributed by atoms with Gasteiger partial charge in [-0.05, 0) is 6.92 Å². The molecule has 0 aromatic heterocycles. The van der Waals surface area contributed by atoms with Crippen LogP contribution in [0.3, 0.4) is 0 Å². The van der Waals surface area contributed by atoms with Crippen molar-refractivity contribution in [2.75, 3.05) is 0 Å². The average Bonchev–Trinajstić information content (AvgIpc) is 1.93. The number of ether oxygens (including phenoxy) is 1. The maximum atomic E-state index is 12.5. The second kappa shape index (κ2) is 3.74. The monoisotopic (exact) mass is 304 g/mol. The molecule has 13 heteroatoms. The van der Waals surface area contributed by atoms with Crippen LogP contribution in [-0.2, 0) is 33.3 Å². The summed E-state index contributed by atoms with van der Waals surface area (Å²) >= 11 is 0. The Kier molecular flexibility index (Phi) is 3.21. The molecule has 1 aliphatic rings. The Morgan fingerprint density at radius 2 is 1.18 bits per heavy atom. The predicted octanol–water partition coefficient (Wildman–Crippen LogP) is 0.156. The first-order valence-electron chi connectivity index (χ1n) is 3.62. The molecule has 1 heterocycles. The Balaban J connectivity index is 3.32. The SMILES string of the molecule is CC1S(=O)(=O)OC(F)(F)OC(F)(F)OS1(=O)=O. The van der Waals surface area contributed by atoms with Crippen LogP contribution >= 0.6 is 0 Å². The van der Waals surface area contributed by atoms with Crippen LogP contribution in [0, 0.1) is 0 Å². The maximum absolute atomic E-state index is 12.5. The fourth-order valence-electron chi connectivity index (χ4n) is 0.723. The summed E-state index contributed by atoms with van der Waals surface area (Å²) in [7, 11) is -10.8. The van der Waals surface area contributed by atoms with E-state index >= 15 is 0 Å². The molecule has 0 unspecified atom stereocenters. The highest BCUT2D eigenvalue weighted by atomic mass is 32.3. The van der Waals surface area contributed by atoms with E-state index in [1.807, 2.05) is 0 Å². The highest BCUT2D eigenvalue weighted by Crippen LogP contribution is 2.36. The van der Waals surface area contributed by atoms with Gasteiger partial charge in [0.15, 0.2) is 0 Å². The second-order valence-electron chi connectivity index (χ2n) is 2.75. The van der Waals surface area contributed by atoms with Crippen molar-refractivity contribution in [2.24, 2.45) is 0 Å². The largest absolute Gasteiger partial charge is 0.506 e. The van der Waals surface area contributed by atoms with E-state index in [2.05, 4.69) is 13.1 Å². The van der Waals surface area contributed by atoms with Crippen molar-refractivity contribution < 1.29 is 47.5 Å². The van der Waals surface area contributed by atoms with Gasteiger partial charge in [0.1, 0.15) is 0 Å². The molecule has 0 aliphatic carbocycles. The van der Waals surface area contributed by atoms with Crippen LogP contribution in [0.5, 0.6) is 0 Å². The van der Waals surface area contributed by atoms with Gasteiger partial charge in [0.2, 0.25) is 4.58 Å². The fraction of sp³-hybridized carbons (Fsp3) is 1.00. The molecule has 0 bridgehead atoms. The highest BCUT2D eigenvalue weighted by Gasteiger charge is 2.58. The molecule has 1 aliphatic heterocycles. The Labute approximate surface area is 92.5 Å². The van der Waals surface area contributed by atoms with Gasteiger partial charge in [-0.3, -0.25) is 0 Å². The minimum atomic E-state index is -5.41. The summed E-state index contributed by atoms with van der Waals surface area (Å²) in [5.74, 6) is 0. The lowest BCUT2D eigenvalue weighted by Gasteiger charge is -2.26. The summed E-state index contributed by atoms with van der Waals surface area (Å²) in [6.45, 7) is 0.322. The molecule has 0 aromatic rings. The van der Waals surface area contributed by atoms with Crippen LogP contribution in [0.2, 0.25) is 0 Å². The van der Waals surface area contributed by atoms with Crippen LogP contribution in [0.1, 0.15) is 6.92 Å². The quantitative estimate of drug-likeness (QED) is 0.464. The van der Waals surface area contributed by atoms with Crippen molar-refractivity contribution in [3.63, 3.8) is 0 Å². The summed E-state index contributed by atoms with van der Waals surface area (Å²) in [5, 5.41) is 0. The Morgan fingerprint density at radius 1 is 0.882 bits per heavy atom. The van der Waals surface area contributed by atoms with E-state index < -0.39 is 37.4 Å². The summed E-state index contributed by atoms with van der Waals surface area (Å²) in [5.41, 5.74) is 0. The standard InChI is InChI=1S/C4H4F4O7S2/c1-2-16(9,10)14-3(5,6)13-4(7,8)15-17(2,11)12/h2H,1H3. The van der Waals surface area contributed by atoms with Crippen LogP contribution < -0.4 is 0 Å². The van der Waals surface area contributed by atoms with Gasteiger partial charge >= 0.3 is 12.6 Å². The number of hydrogen-bond acceptors (Lipinski definition) is 7. The van der Waals surface area contributed by atoms with Crippen molar-refractivity contribution in [1.29, 1.82) is 0 Å². The Morgan fingerprint density at radius 3 is 1.47 bits per heavy atom. The van der Waals surface area contributed by atoms with Crippen LogP contribution in [0.15, 0.2) is 0 Å². The van der Waals surface area contributed by atoms with Gasteiger partial charge in [-0.2, -0.15) is 25.2 Å². The maximum Gasteiger partial charge on any atom is 0.506 e. The van der Waals surface area contributed by atoms with E-state index in [9.17, 15) is 34.4 Å². The first-order chi connectivity index (χ1) is 7.28. The molecule has 0 saturated carbocycles. The predicted molar refractivity (Wildman–Crippen MR) is 40.5 cm³/mol. The lowest BCUT2D eigenvalue weighted by Crippen LogP contribution is -2.47. The third-order valence-corrected chi connectivity index (χ3v) is 5.37. The molecule has 0 radical (unpaired) electrons. The van der Waals surface area contributed by atoms with E-state index in [0.29, 0.717) is 6.92 Å². The van der Waals surface area contributed by atoms with Gasteiger partial charge in [-0.25, -0.2) is 4.74 Å². The van der Waals surface area contributed by atoms with Crippen molar-refractivity contribution in [1.82, 2.24) is 0 Å². The first kappa shape index (κ1) is 14.6. The number of rotatable bonds is 0. The topological polar surface area (TPSA) is 96.0 Å². The molecule has 0 amide bonds. The molecule has 1 fully saturated rings. The molecule has 17 heavy (non-hydrogen) atoms. The van der Waals surface area contributed by atoms with E-state index in [-0.39, 0.29) is 0 Å². The minimum absolute atomic E-state index is 0.322. The Bertz CT molecular complexity index is 462. The molecule has 0 spiro atoms. The molecule has 0 atom stereocenters. The molecule has 0 N–H and O–H groups in total. The van der Waals surface area contributed by atoms with Crippen LogP contribution in [0.4, 0.5) is 17.6 Å². The Hall–Kier alpha value is -0.500. The highest BCUT2D eigenvalue weighted by molar-refractivity contribution is 8.04. The normalized spacial score (nSPS) is 31.4. The molecule has 1 saturated heterocycles. The van der Waals surface area contributed by atoms with Gasteiger partial charge < -0.3 is 0 Å². The zero-order valence-corrected chi connectivity index (χ0v) is 9.40. The molecule has 0 aromatic carbocycles. The first-order valence-corrected chi connectivity index (χ1v) is 6.56. The lowest BCUT2D eigenvalue weighted by molar-refractivity contribution is -0.489. The van der Waals surface area contributed by atoms with Crippen molar-refractivity contribution in [2.45, 2.75) is 24.1 Å². The molecule has 102 valence electrons. The number of alkyl halides is 4. The van der Waals surface area contributed by atoms with Crippen molar-refractivity contribution >= 4 is 20.2 Å². The van der Waals surface area contributed by atoms with Crippen molar-refractivity contribution in [3.8, 4) is 0 Å². The molecular weight excluding hydrogens is 300 g/mol. The third kappa shape index (κ3) is 3.25. The third-order valence-electron chi connectivity index (χ3n) is 1.48. The van der Waals surface area contributed by atoms with E-state index in [4.69, 9.17) is 0 Å². The minimum Gasteiger partial charge on any atom is -0.202 e. The smallest absolute Gasteiger partial charge is 0.202 e.